The first-order valence-corrected chi connectivity index (χ1v) is 17.4. The Kier molecular flexibility index (Phi) is 10.7. The van der Waals surface area contributed by atoms with Gasteiger partial charge < -0.3 is 16.2 Å². The zero-order valence-electron chi connectivity index (χ0n) is 26.9. The molecular weight excluding hydrogens is 708 g/mol. The van der Waals surface area contributed by atoms with E-state index in [9.17, 15) is 35.8 Å². The number of aryl methyl sites for hydroxylation is 1. The third kappa shape index (κ3) is 8.46. The maximum absolute atomic E-state index is 12.6. The van der Waals surface area contributed by atoms with Gasteiger partial charge in [-0.05, 0) is 109 Å². The van der Waals surface area contributed by atoms with E-state index in [0.29, 0.717) is 44.6 Å². The Labute approximate surface area is 313 Å². The number of carbonyl (C=O) groups is 1. The number of phenolic OH excluding ortho intramolecular Hbond substituents is 1. The quantitative estimate of drug-likeness (QED) is 0.0600. The first-order chi connectivity index (χ1) is 23.7. The van der Waals surface area contributed by atoms with Crippen LogP contribution in [-0.4, -0.2) is 37.0 Å². The van der Waals surface area contributed by atoms with Crippen molar-refractivity contribution in [1.29, 1.82) is 0 Å². The zero-order valence-corrected chi connectivity index (χ0v) is 30.5. The van der Waals surface area contributed by atoms with Gasteiger partial charge in [0.25, 0.3) is 26.1 Å². The van der Waals surface area contributed by atoms with Gasteiger partial charge in [0.1, 0.15) is 5.75 Å². The van der Waals surface area contributed by atoms with Gasteiger partial charge in [-0.3, -0.25) is 13.9 Å². The molecule has 0 aromatic heterocycles. The van der Waals surface area contributed by atoms with Crippen molar-refractivity contribution in [3.05, 3.63) is 114 Å². The molecule has 6 aromatic rings. The Hall–Kier alpha value is -5.07. The van der Waals surface area contributed by atoms with Crippen LogP contribution < -0.4 is 40.6 Å². The minimum Gasteiger partial charge on any atom is -0.507 e. The Bertz CT molecular complexity index is 2630. The number of benzene rings is 6. The van der Waals surface area contributed by atoms with E-state index in [-0.39, 0.29) is 68.3 Å². The molecule has 0 saturated carbocycles. The van der Waals surface area contributed by atoms with Crippen LogP contribution in [0.1, 0.15) is 15.9 Å². The number of nitrogens with zero attached hydrogens (tertiary/aromatic N) is 4. The summed E-state index contributed by atoms with van der Waals surface area (Å²) in [6.45, 7) is 1.80. The molecule has 14 nitrogen and oxygen atoms in total. The summed E-state index contributed by atoms with van der Waals surface area (Å²) in [6, 6.07) is 25.2. The molecule has 6 rings (SSSR count). The van der Waals surface area contributed by atoms with Gasteiger partial charge in [-0.2, -0.15) is 27.1 Å². The van der Waals surface area contributed by atoms with Crippen molar-refractivity contribution in [2.75, 3.05) is 11.1 Å². The predicted molar refractivity (Wildman–Crippen MR) is 188 cm³/mol. The Balaban J connectivity index is 0.00000504. The third-order valence-electron chi connectivity index (χ3n) is 7.59. The Morgan fingerprint density at radius 1 is 0.647 bits per heavy atom. The van der Waals surface area contributed by atoms with Crippen LogP contribution in [-0.2, 0) is 20.2 Å². The van der Waals surface area contributed by atoms with Crippen molar-refractivity contribution >= 4 is 81.8 Å². The van der Waals surface area contributed by atoms with Crippen molar-refractivity contribution < 1.29 is 65.4 Å². The van der Waals surface area contributed by atoms with E-state index in [1.54, 1.807) is 55.5 Å². The van der Waals surface area contributed by atoms with Gasteiger partial charge in [0.15, 0.2) is 0 Å². The maximum Gasteiger partial charge on any atom is 1.00 e. The average Bonchev–Trinajstić information content (AvgIpc) is 3.06. The number of rotatable bonds is 8. The topological polar surface area (TPSA) is 234 Å². The largest absolute Gasteiger partial charge is 1.00 e. The summed E-state index contributed by atoms with van der Waals surface area (Å²) >= 11 is 0. The van der Waals surface area contributed by atoms with Crippen LogP contribution in [0.2, 0.25) is 0 Å². The van der Waals surface area contributed by atoms with Gasteiger partial charge in [0.05, 0.1) is 32.5 Å². The van der Waals surface area contributed by atoms with E-state index in [1.807, 2.05) is 0 Å². The second-order valence-electron chi connectivity index (χ2n) is 11.1. The summed E-state index contributed by atoms with van der Waals surface area (Å²) in [5.41, 5.74) is 9.24. The summed E-state index contributed by atoms with van der Waals surface area (Å²) in [5.74, 6) is -0.669. The molecule has 17 heteroatoms. The van der Waals surface area contributed by atoms with E-state index < -0.39 is 25.1 Å². The first-order valence-electron chi connectivity index (χ1n) is 14.6. The van der Waals surface area contributed by atoms with Gasteiger partial charge in [-0.15, -0.1) is 10.2 Å². The standard InChI is InChI=1S/C34H26N6O8S2.Na/c1-19-14-23(36-34(42)20-2-4-22(35)5-3-20)7-11-30(19)38-40-31-12-13-32(29-17-25(49(43,44)45)8-10-28(29)31)39-37-24-6-9-27-21(15-24)16-26(18-33(27)41)50(46,47)48;/h2-18,41H,35H2,1H3,(H,36,42)(H,43,44,45)(H,46,47,48);/q;+1. The van der Waals surface area contributed by atoms with Crippen molar-refractivity contribution in [3.63, 3.8) is 0 Å². The molecule has 0 heterocycles. The molecule has 6 aromatic carbocycles. The fourth-order valence-corrected chi connectivity index (χ4v) is 6.10. The van der Waals surface area contributed by atoms with Crippen LogP contribution in [0.3, 0.4) is 0 Å². The minimum atomic E-state index is -4.59. The summed E-state index contributed by atoms with van der Waals surface area (Å²) in [7, 11) is -9.17. The third-order valence-corrected chi connectivity index (χ3v) is 9.27. The molecule has 6 N–H and O–H groups in total. The van der Waals surface area contributed by atoms with Crippen LogP contribution in [0.15, 0.2) is 133 Å². The van der Waals surface area contributed by atoms with Gasteiger partial charge in [0.2, 0.25) is 0 Å². The SMILES string of the molecule is Cc1cc(NC(=O)c2ccc(N)cc2)ccc1N=Nc1ccc(N=Nc2ccc3c(O)cc(S(=O)(=O)O)cc3c2)c2cc(S(=O)(=O)O)ccc12.[Na+]. The smallest absolute Gasteiger partial charge is 0.507 e. The number of azo groups is 2. The number of nitrogens with one attached hydrogen (secondary N) is 1. The van der Waals surface area contributed by atoms with Crippen LogP contribution >= 0.6 is 0 Å². The van der Waals surface area contributed by atoms with Crippen molar-refractivity contribution in [1.82, 2.24) is 0 Å². The summed E-state index contributed by atoms with van der Waals surface area (Å²) < 4.78 is 66.4. The van der Waals surface area contributed by atoms with Crippen LogP contribution in [0.5, 0.6) is 5.75 Å². The van der Waals surface area contributed by atoms with Crippen molar-refractivity contribution in [2.24, 2.45) is 20.5 Å². The number of phenols is 1. The van der Waals surface area contributed by atoms with Crippen LogP contribution in [0, 0.1) is 6.92 Å². The van der Waals surface area contributed by atoms with Crippen LogP contribution in [0.25, 0.3) is 21.5 Å². The summed E-state index contributed by atoms with van der Waals surface area (Å²) in [5, 5.41) is 31.6. The monoisotopic (exact) mass is 733 g/mol. The molecule has 1 amide bonds. The number of carbonyl (C=O) groups excluding carboxylic acids is 1. The number of anilines is 2. The Morgan fingerprint density at radius 3 is 1.92 bits per heavy atom. The molecule has 0 aliphatic heterocycles. The van der Waals surface area contributed by atoms with E-state index in [2.05, 4.69) is 25.8 Å². The molecule has 0 fully saturated rings. The molecule has 0 spiro atoms. The second-order valence-corrected chi connectivity index (χ2v) is 13.9. The number of nitrogens with two attached hydrogens (primary N) is 1. The van der Waals surface area contributed by atoms with Crippen molar-refractivity contribution in [2.45, 2.75) is 16.7 Å². The minimum absolute atomic E-state index is 0. The van der Waals surface area contributed by atoms with Gasteiger partial charge in [-0.25, -0.2) is 0 Å². The van der Waals surface area contributed by atoms with E-state index in [4.69, 9.17) is 5.73 Å². The molecule has 0 atom stereocenters. The van der Waals surface area contributed by atoms with E-state index in [0.717, 1.165) is 6.07 Å². The Morgan fingerprint density at radius 2 is 1.25 bits per heavy atom. The molecule has 0 radical (unpaired) electrons. The summed E-state index contributed by atoms with van der Waals surface area (Å²) in [4.78, 5) is 11.7. The molecule has 0 aliphatic carbocycles. The average molecular weight is 734 g/mol. The van der Waals surface area contributed by atoms with Gasteiger partial charge in [0, 0.05) is 39.2 Å². The van der Waals surface area contributed by atoms with Gasteiger partial charge >= 0.3 is 29.6 Å². The predicted octanol–water partition coefficient (Wildman–Crippen LogP) is 5.17. The van der Waals surface area contributed by atoms with E-state index >= 15 is 0 Å². The molecule has 252 valence electrons. The zero-order chi connectivity index (χ0) is 35.8. The summed E-state index contributed by atoms with van der Waals surface area (Å²) in [6.07, 6.45) is 0. The fraction of sp³-hybridized carbons (Fsp3) is 0.0294. The number of fused-ring (bicyclic) bond motifs is 2. The number of amides is 1. The number of aromatic hydroxyl groups is 1. The van der Waals surface area contributed by atoms with Gasteiger partial charge in [-0.1, -0.05) is 6.07 Å². The van der Waals surface area contributed by atoms with Crippen LogP contribution in [0.4, 0.5) is 34.1 Å². The second kappa shape index (κ2) is 14.7. The number of hydrogen-bond donors (Lipinski definition) is 5. The maximum atomic E-state index is 12.6. The van der Waals surface area contributed by atoms with Crippen molar-refractivity contribution in [3.8, 4) is 5.75 Å². The molecule has 0 bridgehead atoms. The first kappa shape index (κ1) is 37.2. The number of nitrogen functional groups attached to an aromatic ring is 1. The normalized spacial score (nSPS) is 12.1. The van der Waals surface area contributed by atoms with E-state index in [1.165, 1.54) is 48.5 Å². The number of hydrogen-bond acceptors (Lipinski definition) is 11. The molecular formula is C34H26N6NaO8S2+. The molecule has 0 saturated heterocycles. The molecule has 0 aliphatic rings. The molecule has 51 heavy (non-hydrogen) atoms. The molecule has 0 unspecified atom stereocenters. The fourth-order valence-electron chi connectivity index (χ4n) is 5.05.